The average molecular weight is 709 g/mol. The Kier molecular flexibility index (Phi) is 14.4. The van der Waals surface area contributed by atoms with Gasteiger partial charge in [0.05, 0.1) is 37.1 Å². The molecular formula is C38H40N6O4S2. The lowest BCUT2D eigenvalue weighted by atomic mass is 10.0. The second kappa shape index (κ2) is 19.1. The number of methoxy groups -OCH3 is 2. The summed E-state index contributed by atoms with van der Waals surface area (Å²) in [7, 11) is 3.23. The van der Waals surface area contributed by atoms with E-state index in [0.717, 1.165) is 68.4 Å². The molecule has 258 valence electrons. The summed E-state index contributed by atoms with van der Waals surface area (Å²) in [6, 6.07) is 30.5. The number of thioether (sulfide) groups is 2. The Bertz CT molecular complexity index is 1740. The van der Waals surface area contributed by atoms with Gasteiger partial charge in [0.15, 0.2) is 10.3 Å². The minimum atomic E-state index is -0.339. The van der Waals surface area contributed by atoms with E-state index in [1.807, 2.05) is 97.1 Å². The fourth-order valence-electron chi connectivity index (χ4n) is 5.15. The molecule has 0 atom stereocenters. The molecule has 0 aliphatic heterocycles. The lowest BCUT2D eigenvalue weighted by Gasteiger charge is -2.11. The van der Waals surface area contributed by atoms with Crippen molar-refractivity contribution in [3.63, 3.8) is 0 Å². The van der Waals surface area contributed by atoms with Crippen LogP contribution in [-0.4, -0.2) is 46.5 Å². The molecule has 4 rings (SSSR count). The van der Waals surface area contributed by atoms with E-state index in [4.69, 9.17) is 31.1 Å². The summed E-state index contributed by atoms with van der Waals surface area (Å²) in [6.45, 7) is 0. The van der Waals surface area contributed by atoms with Gasteiger partial charge in [-0.05, 0) is 83.6 Å². The smallest absolute Gasteiger partial charge is 0.230 e. The van der Waals surface area contributed by atoms with Gasteiger partial charge in [0.2, 0.25) is 11.8 Å². The van der Waals surface area contributed by atoms with Gasteiger partial charge < -0.3 is 20.1 Å². The normalized spacial score (nSPS) is 10.5. The molecule has 4 aromatic carbocycles. The maximum Gasteiger partial charge on any atom is 0.230 e. The van der Waals surface area contributed by atoms with Crippen LogP contribution in [0, 0.1) is 21.6 Å². The van der Waals surface area contributed by atoms with E-state index < -0.39 is 0 Å². The van der Waals surface area contributed by atoms with Crippen molar-refractivity contribution < 1.29 is 19.1 Å². The molecule has 0 spiro atoms. The Hall–Kier alpha value is -5.20. The molecule has 0 aliphatic rings. The number of unbranched alkanes of at least 4 members (excludes halogenated alkanes) is 1. The largest absolute Gasteiger partial charge is 0.496 e. The van der Waals surface area contributed by atoms with Crippen molar-refractivity contribution in [3.05, 3.63) is 108 Å². The number of nitrogens with one attached hydrogen (secondary N) is 6. The van der Waals surface area contributed by atoms with Crippen LogP contribution in [0.15, 0.2) is 97.1 Å². The number of hydrogen-bond donors (Lipinski definition) is 6. The van der Waals surface area contributed by atoms with Crippen LogP contribution >= 0.6 is 23.5 Å². The summed E-state index contributed by atoms with van der Waals surface area (Å²) in [5.41, 5.74) is 5.28. The van der Waals surface area contributed by atoms with Crippen LogP contribution in [0.3, 0.4) is 0 Å². The molecule has 10 nitrogen and oxygen atoms in total. The molecule has 2 amide bonds. The van der Waals surface area contributed by atoms with Crippen LogP contribution in [0.5, 0.6) is 11.5 Å². The highest BCUT2D eigenvalue weighted by molar-refractivity contribution is 8.26. The van der Waals surface area contributed by atoms with Crippen molar-refractivity contribution in [2.45, 2.75) is 38.5 Å². The van der Waals surface area contributed by atoms with Gasteiger partial charge in [0.25, 0.3) is 0 Å². The van der Waals surface area contributed by atoms with E-state index in [-0.39, 0.29) is 45.1 Å². The third-order valence-electron chi connectivity index (χ3n) is 7.43. The van der Waals surface area contributed by atoms with E-state index >= 15 is 0 Å². The molecule has 0 aromatic heterocycles. The van der Waals surface area contributed by atoms with Gasteiger partial charge in [-0.1, -0.05) is 84.9 Å². The highest BCUT2D eigenvalue weighted by Gasteiger charge is 2.13. The molecule has 0 aliphatic carbocycles. The number of ether oxygens (including phenoxy) is 2. The molecule has 6 N–H and O–H groups in total. The summed E-state index contributed by atoms with van der Waals surface area (Å²) < 4.78 is 10.9. The van der Waals surface area contributed by atoms with Crippen LogP contribution in [-0.2, 0) is 22.4 Å². The van der Waals surface area contributed by atoms with E-state index in [1.54, 1.807) is 14.2 Å². The molecule has 0 saturated heterocycles. The van der Waals surface area contributed by atoms with Gasteiger partial charge >= 0.3 is 0 Å². The van der Waals surface area contributed by atoms with E-state index in [0.29, 0.717) is 25.7 Å². The van der Waals surface area contributed by atoms with Crippen molar-refractivity contribution in [1.82, 2.24) is 10.6 Å². The zero-order chi connectivity index (χ0) is 35.9. The van der Waals surface area contributed by atoms with Gasteiger partial charge in [-0.2, -0.15) is 0 Å². The zero-order valence-electron chi connectivity index (χ0n) is 27.9. The first-order valence-electron chi connectivity index (χ1n) is 15.9. The van der Waals surface area contributed by atoms with Crippen LogP contribution < -0.4 is 20.1 Å². The molecule has 12 heteroatoms. The van der Waals surface area contributed by atoms with Crippen molar-refractivity contribution >= 4 is 55.8 Å². The van der Waals surface area contributed by atoms with E-state index in [2.05, 4.69) is 10.6 Å². The molecular weight excluding hydrogens is 669 g/mol. The van der Waals surface area contributed by atoms with Gasteiger partial charge in [0, 0.05) is 11.1 Å². The van der Waals surface area contributed by atoms with E-state index in [1.165, 1.54) is 0 Å². The number of carbonyl (C=O) groups excluding carboxylic acids is 2. The Labute approximate surface area is 300 Å². The lowest BCUT2D eigenvalue weighted by Crippen LogP contribution is -2.30. The van der Waals surface area contributed by atoms with Crippen LogP contribution in [0.25, 0.3) is 22.3 Å². The number of benzene rings is 4. The van der Waals surface area contributed by atoms with Crippen molar-refractivity contribution in [2.75, 3.05) is 14.2 Å². The third kappa shape index (κ3) is 11.7. The predicted molar refractivity (Wildman–Crippen MR) is 205 cm³/mol. The molecule has 0 unspecified atom stereocenters. The third-order valence-corrected chi connectivity index (χ3v) is 8.95. The first kappa shape index (κ1) is 37.6. The predicted octanol–water partition coefficient (Wildman–Crippen LogP) is 7.91. The first-order valence-corrected chi connectivity index (χ1v) is 17.5. The first-order chi connectivity index (χ1) is 24.1. The summed E-state index contributed by atoms with van der Waals surface area (Å²) in [6.07, 6.45) is 2.17. The van der Waals surface area contributed by atoms with Gasteiger partial charge in [-0.15, -0.1) is 0 Å². The standard InChI is InChI=1S/C38H40N6O4S2/c1-47-31-17-5-3-15-29(31)27-13-9-11-25(21-27)23-35(45)43-37(41)49-33(39)19-7-8-20-34(40)50-38(42)44-36(46)24-26-12-10-14-28(22-26)30-16-4-6-18-32(30)48-2/h3-6,9-18,21-22,39-40H,7-8,19-20,23-24H2,1-2H3,(H2,41,43,45)(H2,42,44,46). The summed E-state index contributed by atoms with van der Waals surface area (Å²) in [5, 5.41) is 38.1. The molecule has 0 bridgehead atoms. The Morgan fingerprint density at radius 3 is 1.38 bits per heavy atom. The van der Waals surface area contributed by atoms with Crippen molar-refractivity contribution in [1.29, 1.82) is 21.6 Å². The van der Waals surface area contributed by atoms with Crippen LogP contribution in [0.2, 0.25) is 0 Å². The van der Waals surface area contributed by atoms with Crippen molar-refractivity contribution in [2.24, 2.45) is 0 Å². The number of hydrogen-bond acceptors (Lipinski definition) is 10. The fraction of sp³-hybridized carbons (Fsp3) is 0.211. The zero-order valence-corrected chi connectivity index (χ0v) is 29.6. The highest BCUT2D eigenvalue weighted by Crippen LogP contribution is 2.31. The van der Waals surface area contributed by atoms with Crippen LogP contribution in [0.1, 0.15) is 36.8 Å². The second-order valence-electron chi connectivity index (χ2n) is 11.2. The molecule has 0 radical (unpaired) electrons. The average Bonchev–Trinajstić information content (AvgIpc) is 3.10. The molecule has 0 saturated carbocycles. The second-order valence-corrected chi connectivity index (χ2v) is 13.4. The topological polar surface area (TPSA) is 172 Å². The van der Waals surface area contributed by atoms with E-state index in [9.17, 15) is 9.59 Å². The van der Waals surface area contributed by atoms with Crippen molar-refractivity contribution in [3.8, 4) is 33.8 Å². The summed E-state index contributed by atoms with van der Waals surface area (Å²) in [5.74, 6) is 0.802. The Morgan fingerprint density at radius 2 is 0.980 bits per heavy atom. The number of amides is 2. The maximum absolute atomic E-state index is 12.6. The minimum absolute atomic E-state index is 0.0889. The molecule has 0 heterocycles. The SMILES string of the molecule is COc1ccccc1-c1cccc(CC(=O)NC(=N)SC(=N)CCCCC(=N)SC(=N)NC(=O)Cc2cccc(-c3ccccc3OC)c2)c1. The van der Waals surface area contributed by atoms with Crippen LogP contribution in [0.4, 0.5) is 0 Å². The summed E-state index contributed by atoms with van der Waals surface area (Å²) in [4.78, 5) is 25.2. The van der Waals surface area contributed by atoms with Gasteiger partial charge in [-0.3, -0.25) is 31.2 Å². The Morgan fingerprint density at radius 1 is 0.580 bits per heavy atom. The number of carbonyl (C=O) groups is 2. The fourth-order valence-corrected chi connectivity index (χ4v) is 6.46. The monoisotopic (exact) mass is 708 g/mol. The minimum Gasteiger partial charge on any atom is -0.496 e. The Balaban J connectivity index is 1.12. The van der Waals surface area contributed by atoms with Gasteiger partial charge in [0.1, 0.15) is 11.5 Å². The molecule has 4 aromatic rings. The number of rotatable bonds is 13. The highest BCUT2D eigenvalue weighted by atomic mass is 32.2. The quantitative estimate of drug-likeness (QED) is 0.0468. The lowest BCUT2D eigenvalue weighted by molar-refractivity contribution is -0.119. The van der Waals surface area contributed by atoms with Gasteiger partial charge in [-0.25, -0.2) is 0 Å². The number of para-hydroxylation sites is 2. The maximum atomic E-state index is 12.6. The summed E-state index contributed by atoms with van der Waals surface area (Å²) >= 11 is 1.79. The number of amidine groups is 2. The molecule has 50 heavy (non-hydrogen) atoms. The molecule has 0 fully saturated rings.